The second-order valence-corrected chi connectivity index (χ2v) is 3.72. The fourth-order valence-electron chi connectivity index (χ4n) is 1.46. The Balaban J connectivity index is 1.86. The highest BCUT2D eigenvalue weighted by molar-refractivity contribution is 5.86. The van der Waals surface area contributed by atoms with Crippen LogP contribution in [-0.2, 0) is 0 Å². The van der Waals surface area contributed by atoms with E-state index in [0.717, 1.165) is 11.6 Å². The van der Waals surface area contributed by atoms with Gasteiger partial charge in [-0.2, -0.15) is 0 Å². The van der Waals surface area contributed by atoms with Gasteiger partial charge in [0.2, 0.25) is 5.96 Å². The van der Waals surface area contributed by atoms with E-state index in [-0.39, 0.29) is 0 Å². The fourth-order valence-corrected chi connectivity index (χ4v) is 1.46. The van der Waals surface area contributed by atoms with Crippen molar-refractivity contribution in [2.75, 3.05) is 26.2 Å². The Hall–Kier alpha value is -1.51. The first kappa shape index (κ1) is 7.85. The quantitative estimate of drug-likeness (QED) is 0.375. The van der Waals surface area contributed by atoms with Gasteiger partial charge in [0.15, 0.2) is 0 Å². The van der Waals surface area contributed by atoms with Crippen LogP contribution in [0.4, 0.5) is 5.69 Å². The number of hydrogen-bond acceptors (Lipinski definition) is 1. The van der Waals surface area contributed by atoms with Gasteiger partial charge < -0.3 is 9.80 Å². The summed E-state index contributed by atoms with van der Waals surface area (Å²) in [6.07, 6.45) is 0. The van der Waals surface area contributed by atoms with E-state index in [2.05, 4.69) is 14.8 Å². The summed E-state index contributed by atoms with van der Waals surface area (Å²) in [7, 11) is 0. The zero-order chi connectivity index (χ0) is 9.38. The molecule has 3 heteroatoms. The lowest BCUT2D eigenvalue weighted by atomic mass is 10.3. The molecule has 3 nitrogen and oxygen atoms in total. The van der Waals surface area contributed by atoms with Crippen LogP contribution in [0.1, 0.15) is 0 Å². The van der Waals surface area contributed by atoms with Crippen molar-refractivity contribution < 1.29 is 0 Å². The normalized spacial score (nSPS) is 18.0. The van der Waals surface area contributed by atoms with Gasteiger partial charge in [-0.1, -0.05) is 18.2 Å². The van der Waals surface area contributed by atoms with Crippen LogP contribution in [0.25, 0.3) is 0 Å². The summed E-state index contributed by atoms with van der Waals surface area (Å²) in [5, 5.41) is 0. The van der Waals surface area contributed by atoms with Gasteiger partial charge >= 0.3 is 0 Å². The molecule has 0 saturated carbocycles. The maximum absolute atomic E-state index is 4.65. The second-order valence-electron chi connectivity index (χ2n) is 3.72. The maximum atomic E-state index is 4.65. The van der Waals surface area contributed by atoms with Gasteiger partial charge in [-0.25, -0.2) is 4.99 Å². The zero-order valence-electron chi connectivity index (χ0n) is 8.06. The molecule has 3 rings (SSSR count). The molecule has 0 aromatic heterocycles. The summed E-state index contributed by atoms with van der Waals surface area (Å²) >= 11 is 0. The molecule has 2 aliphatic heterocycles. The van der Waals surface area contributed by atoms with Crippen molar-refractivity contribution in [2.24, 2.45) is 4.99 Å². The van der Waals surface area contributed by atoms with E-state index in [1.165, 1.54) is 26.2 Å². The molecule has 0 bridgehead atoms. The molecule has 1 aromatic rings. The van der Waals surface area contributed by atoms with Crippen LogP contribution in [0, 0.1) is 0 Å². The molecule has 0 unspecified atom stereocenters. The van der Waals surface area contributed by atoms with Gasteiger partial charge in [-0.3, -0.25) is 0 Å². The number of para-hydroxylation sites is 1. The van der Waals surface area contributed by atoms with E-state index >= 15 is 0 Å². The third-order valence-electron chi connectivity index (χ3n) is 2.45. The van der Waals surface area contributed by atoms with Crippen LogP contribution in [0.2, 0.25) is 0 Å². The Bertz CT molecular complexity index is 336. The van der Waals surface area contributed by atoms with Crippen molar-refractivity contribution in [3.8, 4) is 0 Å². The van der Waals surface area contributed by atoms with Crippen molar-refractivity contribution >= 4 is 11.6 Å². The molecule has 0 amide bonds. The largest absolute Gasteiger partial charge is 0.339 e. The van der Waals surface area contributed by atoms with Crippen molar-refractivity contribution in [3.05, 3.63) is 30.3 Å². The van der Waals surface area contributed by atoms with Gasteiger partial charge in [0.25, 0.3) is 0 Å². The first-order valence-corrected chi connectivity index (χ1v) is 5.07. The lowest BCUT2D eigenvalue weighted by Crippen LogP contribution is -2.20. The van der Waals surface area contributed by atoms with Gasteiger partial charge in [0.1, 0.15) is 0 Å². The van der Waals surface area contributed by atoms with Crippen molar-refractivity contribution in [2.45, 2.75) is 0 Å². The molecule has 0 atom stereocenters. The van der Waals surface area contributed by atoms with E-state index in [0.29, 0.717) is 0 Å². The molecule has 0 aliphatic carbocycles. The Morgan fingerprint density at radius 3 is 2.00 bits per heavy atom. The summed E-state index contributed by atoms with van der Waals surface area (Å²) in [6.45, 7) is 4.68. The van der Waals surface area contributed by atoms with E-state index in [9.17, 15) is 0 Å². The first-order chi connectivity index (χ1) is 6.93. The van der Waals surface area contributed by atoms with Crippen molar-refractivity contribution in [3.63, 3.8) is 0 Å². The predicted octanol–water partition coefficient (Wildman–Crippen LogP) is 1.31. The molecule has 2 saturated heterocycles. The average molecular weight is 187 g/mol. The summed E-state index contributed by atoms with van der Waals surface area (Å²) in [5.74, 6) is 1.16. The van der Waals surface area contributed by atoms with Crippen LogP contribution in [-0.4, -0.2) is 41.9 Å². The molecule has 0 spiro atoms. The standard InChI is InChI=1S/C11H13N3/c1-2-4-10(5-3-1)12-11(13-6-7-13)14-8-9-14/h1-5H,6-9H2. The monoisotopic (exact) mass is 187 g/mol. The predicted molar refractivity (Wildman–Crippen MR) is 56.7 cm³/mol. The van der Waals surface area contributed by atoms with Crippen LogP contribution in [0.3, 0.4) is 0 Å². The molecule has 0 radical (unpaired) electrons. The minimum atomic E-state index is 1.06. The van der Waals surface area contributed by atoms with Crippen LogP contribution < -0.4 is 0 Å². The third kappa shape index (κ3) is 1.58. The minimum absolute atomic E-state index is 1.06. The van der Waals surface area contributed by atoms with E-state index in [4.69, 9.17) is 0 Å². The van der Waals surface area contributed by atoms with E-state index in [1.807, 2.05) is 30.3 Å². The van der Waals surface area contributed by atoms with Crippen LogP contribution in [0.15, 0.2) is 35.3 Å². The Morgan fingerprint density at radius 2 is 1.50 bits per heavy atom. The summed E-state index contributed by atoms with van der Waals surface area (Å²) < 4.78 is 0. The fraction of sp³-hybridized carbons (Fsp3) is 0.364. The number of guanidine groups is 1. The first-order valence-electron chi connectivity index (χ1n) is 5.07. The summed E-state index contributed by atoms with van der Waals surface area (Å²) in [5.41, 5.74) is 1.06. The Labute approximate surface area is 83.7 Å². The molecule has 2 fully saturated rings. The smallest absolute Gasteiger partial charge is 0.202 e. The maximum Gasteiger partial charge on any atom is 0.202 e. The van der Waals surface area contributed by atoms with Crippen molar-refractivity contribution in [1.82, 2.24) is 9.80 Å². The highest BCUT2D eigenvalue weighted by Crippen LogP contribution is 2.20. The highest BCUT2D eigenvalue weighted by atomic mass is 15.5. The minimum Gasteiger partial charge on any atom is -0.339 e. The molecule has 0 N–H and O–H groups in total. The molecule has 72 valence electrons. The number of hydrogen-bond donors (Lipinski definition) is 0. The molecule has 14 heavy (non-hydrogen) atoms. The lowest BCUT2D eigenvalue weighted by molar-refractivity contribution is 0.684. The SMILES string of the molecule is c1ccc(N=C(N2CC2)N2CC2)cc1. The van der Waals surface area contributed by atoms with E-state index in [1.54, 1.807) is 0 Å². The van der Waals surface area contributed by atoms with Gasteiger partial charge in [0.05, 0.1) is 5.69 Å². The molecular formula is C11H13N3. The molecule has 2 aliphatic rings. The average Bonchev–Trinajstić information content (AvgIpc) is 3.08. The summed E-state index contributed by atoms with van der Waals surface area (Å²) in [4.78, 5) is 9.26. The number of aliphatic imine (C=N–C) groups is 1. The van der Waals surface area contributed by atoms with Crippen molar-refractivity contribution in [1.29, 1.82) is 0 Å². The van der Waals surface area contributed by atoms with Crippen LogP contribution >= 0.6 is 0 Å². The zero-order valence-corrected chi connectivity index (χ0v) is 8.06. The second kappa shape index (κ2) is 3.01. The molecule has 1 aromatic carbocycles. The van der Waals surface area contributed by atoms with Gasteiger partial charge in [0, 0.05) is 26.2 Å². The summed E-state index contributed by atoms with van der Waals surface area (Å²) in [6, 6.07) is 10.2. The van der Waals surface area contributed by atoms with E-state index < -0.39 is 0 Å². The molecular weight excluding hydrogens is 174 g/mol. The number of rotatable bonds is 1. The Morgan fingerprint density at radius 1 is 0.929 bits per heavy atom. The lowest BCUT2D eigenvalue weighted by Gasteiger charge is -2.08. The van der Waals surface area contributed by atoms with Crippen LogP contribution in [0.5, 0.6) is 0 Å². The third-order valence-corrected chi connectivity index (χ3v) is 2.45. The topological polar surface area (TPSA) is 18.4 Å². The number of benzene rings is 1. The molecule has 2 heterocycles. The Kier molecular flexibility index (Phi) is 1.69. The number of nitrogens with zero attached hydrogens (tertiary/aromatic N) is 3. The van der Waals surface area contributed by atoms with Gasteiger partial charge in [-0.05, 0) is 12.1 Å². The van der Waals surface area contributed by atoms with Gasteiger partial charge in [-0.15, -0.1) is 0 Å². The highest BCUT2D eigenvalue weighted by Gasteiger charge is 2.32.